The van der Waals surface area contributed by atoms with Gasteiger partial charge in [-0.15, -0.1) is 11.3 Å². The van der Waals surface area contributed by atoms with Crippen LogP contribution in [0.4, 0.5) is 0 Å². The number of ether oxygens (including phenoxy) is 1. The zero-order valence-corrected chi connectivity index (χ0v) is 14.8. The van der Waals surface area contributed by atoms with Crippen LogP contribution in [0.3, 0.4) is 0 Å². The van der Waals surface area contributed by atoms with Gasteiger partial charge in [0.1, 0.15) is 0 Å². The van der Waals surface area contributed by atoms with Gasteiger partial charge in [0.15, 0.2) is 0 Å². The molecule has 2 aliphatic rings. The van der Waals surface area contributed by atoms with Crippen molar-refractivity contribution in [1.29, 1.82) is 0 Å². The van der Waals surface area contributed by atoms with E-state index >= 15 is 0 Å². The Balaban J connectivity index is 1.56. The number of nitrogens with zero attached hydrogens (tertiary/aromatic N) is 1. The highest BCUT2D eigenvalue weighted by Crippen LogP contribution is 2.34. The van der Waals surface area contributed by atoms with Gasteiger partial charge in [0.2, 0.25) is 10.0 Å². The average molecular weight is 345 g/mol. The van der Waals surface area contributed by atoms with Crippen molar-refractivity contribution in [2.24, 2.45) is 11.8 Å². The maximum absolute atomic E-state index is 11.6. The van der Waals surface area contributed by atoms with Gasteiger partial charge in [-0.25, -0.2) is 13.1 Å². The summed E-state index contributed by atoms with van der Waals surface area (Å²) < 4.78 is 31.8. The molecule has 3 atom stereocenters. The van der Waals surface area contributed by atoms with E-state index in [0.717, 1.165) is 19.6 Å². The Bertz CT molecular complexity index is 614. The van der Waals surface area contributed by atoms with Crippen molar-refractivity contribution in [2.75, 3.05) is 32.0 Å². The Hall–Kier alpha value is -0.470. The molecule has 22 heavy (non-hydrogen) atoms. The minimum atomic E-state index is -3.11. The normalized spacial score (nSPS) is 29.1. The standard InChI is InChI=1S/C15H24N2O3S2/c1-3-22(18,19)16-6-12-10-20-14-8-17(7-13(12)14)9-15-11(2)4-5-21-15/h4-5,12-14,16H,3,6-10H2,1-2H3/t12-,13+,14+/m0/s1. The Kier molecular flexibility index (Phi) is 4.89. The van der Waals surface area contributed by atoms with E-state index in [0.29, 0.717) is 25.0 Å². The number of rotatable bonds is 6. The zero-order chi connectivity index (χ0) is 15.7. The number of fused-ring (bicyclic) bond motifs is 1. The van der Waals surface area contributed by atoms with Crippen molar-refractivity contribution in [2.45, 2.75) is 26.5 Å². The van der Waals surface area contributed by atoms with Gasteiger partial charge in [0.05, 0.1) is 18.5 Å². The van der Waals surface area contributed by atoms with Crippen LogP contribution in [0.2, 0.25) is 0 Å². The summed E-state index contributed by atoms with van der Waals surface area (Å²) in [6.45, 7) is 7.93. The number of aryl methyl sites for hydroxylation is 1. The molecule has 124 valence electrons. The first kappa shape index (κ1) is 16.4. The molecule has 0 saturated carbocycles. The second-order valence-corrected chi connectivity index (χ2v) is 9.36. The molecule has 1 aromatic heterocycles. The maximum atomic E-state index is 11.6. The highest BCUT2D eigenvalue weighted by molar-refractivity contribution is 7.89. The van der Waals surface area contributed by atoms with E-state index < -0.39 is 10.0 Å². The molecule has 0 aromatic carbocycles. The third kappa shape index (κ3) is 3.54. The number of sulfonamides is 1. The van der Waals surface area contributed by atoms with E-state index in [2.05, 4.69) is 28.0 Å². The molecule has 0 amide bonds. The van der Waals surface area contributed by atoms with Crippen LogP contribution in [0.5, 0.6) is 0 Å². The topological polar surface area (TPSA) is 58.6 Å². The van der Waals surface area contributed by atoms with Crippen LogP contribution in [0.1, 0.15) is 17.4 Å². The molecular formula is C15H24N2O3S2. The molecule has 0 bridgehead atoms. The summed E-state index contributed by atoms with van der Waals surface area (Å²) in [7, 11) is -3.11. The van der Waals surface area contributed by atoms with Gasteiger partial charge in [0, 0.05) is 42.9 Å². The lowest BCUT2D eigenvalue weighted by molar-refractivity contribution is 0.0943. The van der Waals surface area contributed by atoms with Crippen LogP contribution in [0.15, 0.2) is 11.4 Å². The van der Waals surface area contributed by atoms with Gasteiger partial charge in [-0.2, -0.15) is 0 Å². The lowest BCUT2D eigenvalue weighted by atomic mass is 9.93. The summed E-state index contributed by atoms with van der Waals surface area (Å²) in [6, 6.07) is 2.16. The number of thiophene rings is 1. The Morgan fingerprint density at radius 2 is 2.27 bits per heavy atom. The van der Waals surface area contributed by atoms with Crippen molar-refractivity contribution >= 4 is 21.4 Å². The lowest BCUT2D eigenvalue weighted by Crippen LogP contribution is -2.34. The third-order valence-corrected chi connectivity index (χ3v) is 7.17. The molecule has 2 fully saturated rings. The minimum absolute atomic E-state index is 0.137. The van der Waals surface area contributed by atoms with Gasteiger partial charge in [0.25, 0.3) is 0 Å². The summed E-state index contributed by atoms with van der Waals surface area (Å²) in [5, 5.41) is 2.14. The highest BCUT2D eigenvalue weighted by Gasteiger charge is 2.43. The molecule has 0 aliphatic carbocycles. The molecule has 1 aromatic rings. The lowest BCUT2D eigenvalue weighted by Gasteiger charge is -2.19. The smallest absolute Gasteiger partial charge is 0.211 e. The van der Waals surface area contributed by atoms with E-state index in [1.807, 2.05) is 11.3 Å². The fourth-order valence-electron chi connectivity index (χ4n) is 3.32. The third-order valence-electron chi connectivity index (χ3n) is 4.80. The molecule has 7 heteroatoms. The molecule has 0 unspecified atom stereocenters. The molecule has 0 radical (unpaired) electrons. The zero-order valence-electron chi connectivity index (χ0n) is 13.1. The Labute approximate surface area is 136 Å². The summed E-state index contributed by atoms with van der Waals surface area (Å²) in [5.41, 5.74) is 1.36. The van der Waals surface area contributed by atoms with Crippen molar-refractivity contribution in [3.8, 4) is 0 Å². The molecular weight excluding hydrogens is 320 g/mol. The molecule has 3 rings (SSSR count). The predicted molar refractivity (Wildman–Crippen MR) is 88.5 cm³/mol. The Morgan fingerprint density at radius 3 is 2.95 bits per heavy atom. The monoisotopic (exact) mass is 344 g/mol. The summed E-state index contributed by atoms with van der Waals surface area (Å²) in [5.74, 6) is 0.874. The van der Waals surface area contributed by atoms with Crippen LogP contribution in [0.25, 0.3) is 0 Å². The first-order valence-corrected chi connectivity index (χ1v) is 10.4. The highest BCUT2D eigenvalue weighted by atomic mass is 32.2. The molecule has 2 saturated heterocycles. The summed E-state index contributed by atoms with van der Waals surface area (Å²) in [4.78, 5) is 3.86. The van der Waals surface area contributed by atoms with Crippen molar-refractivity contribution < 1.29 is 13.2 Å². The first-order chi connectivity index (χ1) is 10.5. The number of hydrogen-bond donors (Lipinski definition) is 1. The SMILES string of the molecule is CCS(=O)(=O)NC[C@H]1CO[C@@H]2CN(Cc3sccc3C)C[C@H]12. The maximum Gasteiger partial charge on any atom is 0.211 e. The van der Waals surface area contributed by atoms with Crippen LogP contribution in [-0.4, -0.2) is 51.4 Å². The quantitative estimate of drug-likeness (QED) is 0.848. The largest absolute Gasteiger partial charge is 0.376 e. The molecule has 5 nitrogen and oxygen atoms in total. The summed E-state index contributed by atoms with van der Waals surface area (Å²) in [6.07, 6.45) is 0.261. The van der Waals surface area contributed by atoms with Gasteiger partial charge in [-0.1, -0.05) is 0 Å². The fraction of sp³-hybridized carbons (Fsp3) is 0.733. The van der Waals surface area contributed by atoms with E-state index in [1.165, 1.54) is 10.4 Å². The first-order valence-electron chi connectivity index (χ1n) is 7.82. The van der Waals surface area contributed by atoms with E-state index in [-0.39, 0.29) is 11.9 Å². The number of likely N-dealkylation sites (tertiary alicyclic amines) is 1. The van der Waals surface area contributed by atoms with Crippen LogP contribution < -0.4 is 4.72 Å². The van der Waals surface area contributed by atoms with Gasteiger partial charge in [-0.3, -0.25) is 4.90 Å². The second-order valence-electron chi connectivity index (χ2n) is 6.27. The van der Waals surface area contributed by atoms with Crippen LogP contribution in [-0.2, 0) is 21.3 Å². The van der Waals surface area contributed by atoms with E-state index in [9.17, 15) is 8.42 Å². The van der Waals surface area contributed by atoms with Crippen molar-refractivity contribution in [3.05, 3.63) is 21.9 Å². The van der Waals surface area contributed by atoms with E-state index in [4.69, 9.17) is 4.74 Å². The van der Waals surface area contributed by atoms with Gasteiger partial charge >= 0.3 is 0 Å². The fourth-order valence-corrected chi connectivity index (χ4v) is 4.94. The van der Waals surface area contributed by atoms with Gasteiger partial charge in [-0.05, 0) is 30.9 Å². The number of hydrogen-bond acceptors (Lipinski definition) is 5. The average Bonchev–Trinajstić information content (AvgIpc) is 3.15. The van der Waals surface area contributed by atoms with Crippen molar-refractivity contribution in [3.63, 3.8) is 0 Å². The van der Waals surface area contributed by atoms with Crippen LogP contribution >= 0.6 is 11.3 Å². The molecule has 3 heterocycles. The predicted octanol–water partition coefficient (Wildman–Crippen LogP) is 1.44. The van der Waals surface area contributed by atoms with Gasteiger partial charge < -0.3 is 4.74 Å². The Morgan fingerprint density at radius 1 is 1.45 bits per heavy atom. The van der Waals surface area contributed by atoms with E-state index in [1.54, 1.807) is 6.92 Å². The number of nitrogens with one attached hydrogen (secondary N) is 1. The molecule has 1 N–H and O–H groups in total. The second kappa shape index (κ2) is 6.57. The molecule has 2 aliphatic heterocycles. The van der Waals surface area contributed by atoms with Crippen molar-refractivity contribution in [1.82, 2.24) is 9.62 Å². The summed E-state index contributed by atoms with van der Waals surface area (Å²) >= 11 is 1.81. The molecule has 0 spiro atoms. The minimum Gasteiger partial charge on any atom is -0.376 e. The van der Waals surface area contributed by atoms with Crippen LogP contribution in [0, 0.1) is 18.8 Å².